The van der Waals surface area contributed by atoms with Crippen molar-refractivity contribution in [2.45, 2.75) is 20.3 Å². The van der Waals surface area contributed by atoms with Gasteiger partial charge in [0.05, 0.1) is 18.0 Å². The Morgan fingerprint density at radius 1 is 1.10 bits per heavy atom. The van der Waals surface area contributed by atoms with Gasteiger partial charge in [-0.3, -0.25) is 0 Å². The molecule has 0 aliphatic carbocycles. The molecule has 0 saturated carbocycles. The zero-order valence-electron chi connectivity index (χ0n) is 12.6. The molecule has 2 aromatic carbocycles. The van der Waals surface area contributed by atoms with Crippen molar-refractivity contribution in [3.63, 3.8) is 0 Å². The molecule has 21 heavy (non-hydrogen) atoms. The first-order chi connectivity index (χ1) is 10.0. The number of nitrogens with two attached hydrogens (primary N) is 2. The van der Waals surface area contributed by atoms with E-state index in [4.69, 9.17) is 16.2 Å². The monoisotopic (exact) mass is 285 g/mol. The van der Waals surface area contributed by atoms with Crippen molar-refractivity contribution in [3.05, 3.63) is 42.5 Å². The van der Waals surface area contributed by atoms with E-state index in [1.807, 2.05) is 36.4 Å². The maximum atomic E-state index is 5.95. The van der Waals surface area contributed by atoms with E-state index in [1.165, 1.54) is 0 Å². The minimum Gasteiger partial charge on any atom is -0.494 e. The van der Waals surface area contributed by atoms with E-state index in [1.54, 1.807) is 6.07 Å². The molecule has 0 aromatic heterocycles. The standard InChI is InChI=1S/C17H23N3O/c1-12(2)8-9-21-15-5-3-4-14(11-15)20-17-7-6-13(18)10-16(17)19/h3-7,10-12,20H,8-9,18-19H2,1-2H3. The van der Waals surface area contributed by atoms with Gasteiger partial charge in [-0.05, 0) is 42.7 Å². The van der Waals surface area contributed by atoms with Gasteiger partial charge in [0, 0.05) is 17.4 Å². The van der Waals surface area contributed by atoms with Crippen LogP contribution < -0.4 is 21.5 Å². The summed E-state index contributed by atoms with van der Waals surface area (Å²) in [5.41, 5.74) is 14.7. The molecule has 0 heterocycles. The second-order valence-electron chi connectivity index (χ2n) is 5.53. The molecule has 0 aliphatic heterocycles. The second kappa shape index (κ2) is 6.88. The zero-order valence-corrected chi connectivity index (χ0v) is 12.6. The predicted molar refractivity (Wildman–Crippen MR) is 89.9 cm³/mol. The average Bonchev–Trinajstić information content (AvgIpc) is 2.42. The van der Waals surface area contributed by atoms with Crippen molar-refractivity contribution in [3.8, 4) is 5.75 Å². The molecule has 4 nitrogen and oxygen atoms in total. The SMILES string of the molecule is CC(C)CCOc1cccc(Nc2ccc(N)cc2N)c1. The quantitative estimate of drug-likeness (QED) is 0.701. The fourth-order valence-electron chi connectivity index (χ4n) is 1.93. The van der Waals surface area contributed by atoms with E-state index >= 15 is 0 Å². The molecule has 0 unspecified atom stereocenters. The number of nitrogen functional groups attached to an aromatic ring is 2. The molecule has 4 heteroatoms. The maximum Gasteiger partial charge on any atom is 0.121 e. The number of hydrogen-bond donors (Lipinski definition) is 3. The van der Waals surface area contributed by atoms with Crippen LogP contribution in [0, 0.1) is 5.92 Å². The van der Waals surface area contributed by atoms with E-state index < -0.39 is 0 Å². The van der Waals surface area contributed by atoms with Gasteiger partial charge in [0.2, 0.25) is 0 Å². The van der Waals surface area contributed by atoms with Crippen LogP contribution in [-0.4, -0.2) is 6.61 Å². The third-order valence-electron chi connectivity index (χ3n) is 3.15. The van der Waals surface area contributed by atoms with Gasteiger partial charge in [-0.1, -0.05) is 19.9 Å². The molecule has 0 fully saturated rings. The van der Waals surface area contributed by atoms with E-state index in [0.717, 1.165) is 30.2 Å². The topological polar surface area (TPSA) is 73.3 Å². The van der Waals surface area contributed by atoms with Crippen LogP contribution in [0.2, 0.25) is 0 Å². The summed E-state index contributed by atoms with van der Waals surface area (Å²) in [4.78, 5) is 0. The van der Waals surface area contributed by atoms with Crippen molar-refractivity contribution in [1.29, 1.82) is 0 Å². The number of ether oxygens (including phenoxy) is 1. The van der Waals surface area contributed by atoms with Crippen LogP contribution in [0.4, 0.5) is 22.7 Å². The third kappa shape index (κ3) is 4.60. The van der Waals surface area contributed by atoms with E-state index in [9.17, 15) is 0 Å². The van der Waals surface area contributed by atoms with Gasteiger partial charge in [-0.2, -0.15) is 0 Å². The highest BCUT2D eigenvalue weighted by Gasteiger charge is 2.02. The van der Waals surface area contributed by atoms with Crippen LogP contribution in [0.3, 0.4) is 0 Å². The van der Waals surface area contributed by atoms with Gasteiger partial charge in [0.15, 0.2) is 0 Å². The molecule has 0 atom stereocenters. The first-order valence-corrected chi connectivity index (χ1v) is 7.19. The summed E-state index contributed by atoms with van der Waals surface area (Å²) in [6, 6.07) is 13.3. The molecule has 2 rings (SSSR count). The predicted octanol–water partition coefficient (Wildman–Crippen LogP) is 4.02. The number of hydrogen-bond acceptors (Lipinski definition) is 4. The van der Waals surface area contributed by atoms with Gasteiger partial charge >= 0.3 is 0 Å². The Balaban J connectivity index is 2.03. The van der Waals surface area contributed by atoms with Crippen LogP contribution >= 0.6 is 0 Å². The number of anilines is 4. The summed E-state index contributed by atoms with van der Waals surface area (Å²) in [7, 11) is 0. The van der Waals surface area contributed by atoms with E-state index in [0.29, 0.717) is 17.3 Å². The summed E-state index contributed by atoms with van der Waals surface area (Å²) in [6.45, 7) is 5.10. The molecule has 5 N–H and O–H groups in total. The smallest absolute Gasteiger partial charge is 0.121 e. The Bertz CT molecular complexity index is 596. The molecular weight excluding hydrogens is 262 g/mol. The highest BCUT2D eigenvalue weighted by Crippen LogP contribution is 2.27. The molecule has 0 spiro atoms. The van der Waals surface area contributed by atoms with Gasteiger partial charge < -0.3 is 21.5 Å². The van der Waals surface area contributed by atoms with Gasteiger partial charge in [0.1, 0.15) is 5.75 Å². The van der Waals surface area contributed by atoms with E-state index in [-0.39, 0.29) is 0 Å². The summed E-state index contributed by atoms with van der Waals surface area (Å²) in [5.74, 6) is 1.50. The molecule has 0 radical (unpaired) electrons. The molecule has 112 valence electrons. The molecular formula is C17H23N3O. The highest BCUT2D eigenvalue weighted by atomic mass is 16.5. The molecule has 0 aliphatic rings. The van der Waals surface area contributed by atoms with Crippen LogP contribution in [0.5, 0.6) is 5.75 Å². The lowest BCUT2D eigenvalue weighted by atomic mass is 10.1. The lowest BCUT2D eigenvalue weighted by Crippen LogP contribution is -2.02. The van der Waals surface area contributed by atoms with Gasteiger partial charge in [-0.15, -0.1) is 0 Å². The van der Waals surface area contributed by atoms with Crippen molar-refractivity contribution >= 4 is 22.7 Å². The normalized spacial score (nSPS) is 10.6. The lowest BCUT2D eigenvalue weighted by molar-refractivity contribution is 0.289. The van der Waals surface area contributed by atoms with Crippen molar-refractivity contribution in [1.82, 2.24) is 0 Å². The highest BCUT2D eigenvalue weighted by molar-refractivity contribution is 5.75. The Morgan fingerprint density at radius 2 is 1.90 bits per heavy atom. The minimum atomic E-state index is 0.626. The Labute approximate surface area is 126 Å². The summed E-state index contributed by atoms with van der Waals surface area (Å²) in [6.07, 6.45) is 1.04. The average molecular weight is 285 g/mol. The molecule has 0 amide bonds. The lowest BCUT2D eigenvalue weighted by Gasteiger charge is -2.12. The maximum absolute atomic E-state index is 5.95. The Hall–Kier alpha value is -2.36. The first-order valence-electron chi connectivity index (χ1n) is 7.19. The minimum absolute atomic E-state index is 0.626. The summed E-state index contributed by atoms with van der Waals surface area (Å²) in [5, 5.41) is 3.28. The zero-order chi connectivity index (χ0) is 15.2. The fraction of sp³-hybridized carbons (Fsp3) is 0.294. The van der Waals surface area contributed by atoms with Gasteiger partial charge in [-0.25, -0.2) is 0 Å². The van der Waals surface area contributed by atoms with Crippen molar-refractivity contribution in [2.75, 3.05) is 23.4 Å². The molecule has 0 saturated heterocycles. The van der Waals surface area contributed by atoms with Gasteiger partial charge in [0.25, 0.3) is 0 Å². The molecule has 2 aromatic rings. The van der Waals surface area contributed by atoms with Crippen molar-refractivity contribution < 1.29 is 4.74 Å². The van der Waals surface area contributed by atoms with Crippen LogP contribution in [0.1, 0.15) is 20.3 Å². The third-order valence-corrected chi connectivity index (χ3v) is 3.15. The first kappa shape index (κ1) is 15.0. The number of rotatable bonds is 6. The molecule has 0 bridgehead atoms. The van der Waals surface area contributed by atoms with E-state index in [2.05, 4.69) is 19.2 Å². The van der Waals surface area contributed by atoms with Crippen LogP contribution in [-0.2, 0) is 0 Å². The van der Waals surface area contributed by atoms with Crippen LogP contribution in [0.15, 0.2) is 42.5 Å². The van der Waals surface area contributed by atoms with Crippen molar-refractivity contribution in [2.24, 2.45) is 5.92 Å². The summed E-state index contributed by atoms with van der Waals surface area (Å²) >= 11 is 0. The summed E-state index contributed by atoms with van der Waals surface area (Å²) < 4.78 is 5.75. The number of nitrogens with one attached hydrogen (secondary N) is 1. The fourth-order valence-corrected chi connectivity index (χ4v) is 1.93. The number of benzene rings is 2. The Morgan fingerprint density at radius 3 is 2.62 bits per heavy atom. The second-order valence-corrected chi connectivity index (χ2v) is 5.53. The largest absolute Gasteiger partial charge is 0.494 e. The Kier molecular flexibility index (Phi) is 4.93. The van der Waals surface area contributed by atoms with Crippen LogP contribution in [0.25, 0.3) is 0 Å².